The van der Waals surface area contributed by atoms with Crippen molar-refractivity contribution in [1.82, 2.24) is 5.32 Å². The third-order valence-corrected chi connectivity index (χ3v) is 3.66. The first-order valence-electron chi connectivity index (χ1n) is 6.01. The van der Waals surface area contributed by atoms with E-state index in [0.717, 1.165) is 0 Å². The molecule has 0 bridgehead atoms. The van der Waals surface area contributed by atoms with Gasteiger partial charge in [-0.15, -0.1) is 0 Å². The van der Waals surface area contributed by atoms with E-state index >= 15 is 0 Å². The highest BCUT2D eigenvalue weighted by molar-refractivity contribution is 8.05. The number of halogens is 3. The predicted octanol–water partition coefficient (Wildman–Crippen LogP) is 1.87. The Morgan fingerprint density at radius 3 is 2.50 bits per heavy atom. The van der Waals surface area contributed by atoms with Crippen molar-refractivity contribution in [2.24, 2.45) is 15.2 Å². The quantitative estimate of drug-likeness (QED) is 0.480. The number of aliphatic imine (C=N–C) groups is 2. The molecule has 0 aliphatic heterocycles. The van der Waals surface area contributed by atoms with E-state index in [1.165, 1.54) is 20.2 Å². The van der Waals surface area contributed by atoms with E-state index < -0.39 is 28.3 Å². The molecule has 1 N–H and O–H groups in total. The number of rotatable bonds is 2. The van der Waals surface area contributed by atoms with Crippen molar-refractivity contribution in [2.75, 3.05) is 13.3 Å². The minimum Gasteiger partial charge on any atom is -0.609 e. The number of alkyl halides is 2. The fraction of sp³-hybridized carbons (Fsp3) is 0.727. The van der Waals surface area contributed by atoms with Crippen molar-refractivity contribution in [3.8, 4) is 0 Å². The summed E-state index contributed by atoms with van der Waals surface area (Å²) in [6.07, 6.45) is 1.79. The highest BCUT2D eigenvalue weighted by Gasteiger charge is 2.44. The first-order chi connectivity index (χ1) is 9.31. The van der Waals surface area contributed by atoms with E-state index in [2.05, 4.69) is 20.5 Å². The zero-order valence-electron chi connectivity index (χ0n) is 11.5. The van der Waals surface area contributed by atoms with Crippen LogP contribution < -0.4 is 5.32 Å². The minimum absolute atomic E-state index is 0.114. The van der Waals surface area contributed by atoms with Gasteiger partial charge in [0.2, 0.25) is 0 Å². The highest BCUT2D eigenvalue weighted by Crippen LogP contribution is 2.34. The van der Waals surface area contributed by atoms with Gasteiger partial charge >= 0.3 is 5.17 Å². The van der Waals surface area contributed by atoms with Gasteiger partial charge < -0.3 is 9.87 Å². The number of nitrogens with one attached hydrogen (secondary N) is 1. The summed E-state index contributed by atoms with van der Waals surface area (Å²) in [5, 5.41) is 4.41. The molecular weight excluding hydrogens is 293 g/mol. The molecule has 9 heteroatoms. The summed E-state index contributed by atoms with van der Waals surface area (Å²) in [5.41, 5.74) is 0.154. The van der Waals surface area contributed by atoms with Crippen molar-refractivity contribution >= 4 is 27.9 Å². The van der Waals surface area contributed by atoms with Gasteiger partial charge in [-0.1, -0.05) is 4.48 Å². The second-order valence-electron chi connectivity index (χ2n) is 4.44. The average molecular weight is 310 g/mol. The van der Waals surface area contributed by atoms with Crippen LogP contribution in [0.3, 0.4) is 0 Å². The molecule has 1 fully saturated rings. The molecule has 0 saturated heterocycles. The Hall–Kier alpha value is -1.09. The van der Waals surface area contributed by atoms with Crippen LogP contribution in [0.2, 0.25) is 0 Å². The van der Waals surface area contributed by atoms with Crippen LogP contribution in [0.15, 0.2) is 15.2 Å². The molecular formula is C11H17F3N4OS. The van der Waals surface area contributed by atoms with Crippen LogP contribution in [0.25, 0.3) is 0 Å². The summed E-state index contributed by atoms with van der Waals surface area (Å²) in [5.74, 6) is -2.69. The molecule has 0 aromatic carbocycles. The Labute approximate surface area is 118 Å². The van der Waals surface area contributed by atoms with Gasteiger partial charge in [0.05, 0.1) is 11.8 Å². The van der Waals surface area contributed by atoms with Crippen LogP contribution in [-0.4, -0.2) is 46.5 Å². The largest absolute Gasteiger partial charge is 0.609 e. The maximum atomic E-state index is 13.5. The zero-order valence-corrected chi connectivity index (χ0v) is 12.3. The average Bonchev–Trinajstić information content (AvgIpc) is 2.71. The highest BCUT2D eigenvalue weighted by atomic mass is 32.2. The number of hydrogen-bond acceptors (Lipinski definition) is 3. The molecule has 5 nitrogen and oxygen atoms in total. The lowest BCUT2D eigenvalue weighted by molar-refractivity contribution is -0.0122. The van der Waals surface area contributed by atoms with Crippen molar-refractivity contribution < 1.29 is 17.8 Å². The number of nitrogens with zero attached hydrogens (tertiary/aromatic N) is 3. The van der Waals surface area contributed by atoms with Gasteiger partial charge in [0.15, 0.2) is 0 Å². The molecule has 1 rings (SSSR count). The molecule has 114 valence electrons. The van der Waals surface area contributed by atoms with Crippen LogP contribution in [-0.2, 0) is 11.2 Å². The van der Waals surface area contributed by atoms with Crippen LogP contribution in [0.5, 0.6) is 0 Å². The van der Waals surface area contributed by atoms with Gasteiger partial charge in [-0.2, -0.15) is 4.99 Å². The SMILES string of the molecule is C\N=C(NC1CCCC1(F)F)/C(C)=N/C(=N\F)[S+](C)[O-]. The standard InChI is InChI=1S/C11H17F3N4OS/c1-7(16-10(18-14)20(3)19)9(15-2)17-8-5-4-6-11(8,12)13/h8H,4-6H2,1-3H3,(H,15,17)/b16-7+,18-10+. The molecule has 0 radical (unpaired) electrons. The Morgan fingerprint density at radius 2 is 2.10 bits per heavy atom. The predicted molar refractivity (Wildman–Crippen MR) is 74.8 cm³/mol. The van der Waals surface area contributed by atoms with E-state index in [1.54, 1.807) is 0 Å². The second-order valence-corrected chi connectivity index (χ2v) is 5.71. The molecule has 2 unspecified atom stereocenters. The minimum atomic E-state index is -2.80. The van der Waals surface area contributed by atoms with Gasteiger partial charge in [0, 0.05) is 24.6 Å². The van der Waals surface area contributed by atoms with Gasteiger partial charge in [-0.25, -0.2) is 8.78 Å². The van der Waals surface area contributed by atoms with Crippen molar-refractivity contribution in [2.45, 2.75) is 38.2 Å². The molecule has 2 atom stereocenters. The Kier molecular flexibility index (Phi) is 6.00. The molecule has 0 aromatic rings. The lowest BCUT2D eigenvalue weighted by Gasteiger charge is -2.22. The van der Waals surface area contributed by atoms with Gasteiger partial charge in [-0.3, -0.25) is 4.99 Å². The number of amidine groups is 2. The topological polar surface area (TPSA) is 72.2 Å². The molecule has 1 aliphatic carbocycles. The third-order valence-electron chi connectivity index (χ3n) is 2.98. The second kappa shape index (κ2) is 7.07. The summed E-state index contributed by atoms with van der Waals surface area (Å²) in [6.45, 7) is 1.46. The van der Waals surface area contributed by atoms with Crippen LogP contribution in [0, 0.1) is 0 Å². The third kappa shape index (κ3) is 4.20. The fourth-order valence-electron chi connectivity index (χ4n) is 1.93. The molecule has 1 aliphatic rings. The smallest absolute Gasteiger partial charge is 0.370 e. The Bertz CT molecular complexity index is 437. The lowest BCUT2D eigenvalue weighted by Crippen LogP contribution is -2.46. The molecule has 0 aromatic heterocycles. The number of hydrogen-bond donors (Lipinski definition) is 1. The Balaban J connectivity index is 2.84. The van der Waals surface area contributed by atoms with Crippen molar-refractivity contribution in [3.05, 3.63) is 0 Å². The van der Waals surface area contributed by atoms with E-state index in [0.29, 0.717) is 12.8 Å². The maximum absolute atomic E-state index is 13.5. The first-order valence-corrected chi connectivity index (χ1v) is 7.56. The van der Waals surface area contributed by atoms with Gasteiger partial charge in [0.25, 0.3) is 5.92 Å². The van der Waals surface area contributed by atoms with Crippen molar-refractivity contribution in [3.63, 3.8) is 0 Å². The molecule has 1 saturated carbocycles. The summed E-state index contributed by atoms with van der Waals surface area (Å²) in [4.78, 5) is 7.54. The summed E-state index contributed by atoms with van der Waals surface area (Å²) in [6, 6.07) is -1.02. The molecule has 20 heavy (non-hydrogen) atoms. The summed E-state index contributed by atoms with van der Waals surface area (Å²) < 4.78 is 50.5. The van der Waals surface area contributed by atoms with Crippen LogP contribution in [0.1, 0.15) is 26.2 Å². The maximum Gasteiger partial charge on any atom is 0.370 e. The lowest BCUT2D eigenvalue weighted by atomic mass is 10.2. The monoisotopic (exact) mass is 310 g/mol. The van der Waals surface area contributed by atoms with Crippen molar-refractivity contribution in [1.29, 1.82) is 0 Å². The normalized spacial score (nSPS) is 25.8. The molecule has 0 amide bonds. The van der Waals surface area contributed by atoms with E-state index in [1.807, 2.05) is 0 Å². The first kappa shape index (κ1) is 17.0. The van der Waals surface area contributed by atoms with Crippen LogP contribution >= 0.6 is 0 Å². The molecule has 0 spiro atoms. The fourth-order valence-corrected chi connectivity index (χ4v) is 2.29. The van der Waals surface area contributed by atoms with E-state index in [4.69, 9.17) is 0 Å². The Morgan fingerprint density at radius 1 is 1.45 bits per heavy atom. The summed E-state index contributed by atoms with van der Waals surface area (Å²) in [7, 11) is 1.41. The zero-order chi connectivity index (χ0) is 15.3. The van der Waals surface area contributed by atoms with Gasteiger partial charge in [-0.05, 0) is 25.0 Å². The van der Waals surface area contributed by atoms with E-state index in [-0.39, 0.29) is 18.0 Å². The van der Waals surface area contributed by atoms with E-state index in [9.17, 15) is 17.8 Å². The van der Waals surface area contributed by atoms with Gasteiger partial charge in [0.1, 0.15) is 12.1 Å². The molecule has 0 heterocycles. The summed E-state index contributed by atoms with van der Waals surface area (Å²) >= 11 is -1.71. The van der Waals surface area contributed by atoms with Crippen LogP contribution in [0.4, 0.5) is 13.3 Å².